The van der Waals surface area contributed by atoms with Crippen LogP contribution in [0.4, 0.5) is 0 Å². The van der Waals surface area contributed by atoms with Gasteiger partial charge in [-0.25, -0.2) is 0 Å². The van der Waals surface area contributed by atoms with E-state index in [1.807, 2.05) is 0 Å². The molecule has 7 heteroatoms. The van der Waals surface area contributed by atoms with Gasteiger partial charge in [0.1, 0.15) is 0 Å². The molecule has 0 radical (unpaired) electrons. The van der Waals surface area contributed by atoms with E-state index in [9.17, 15) is 0 Å². The molecule has 0 aliphatic heterocycles. The van der Waals surface area contributed by atoms with Crippen LogP contribution in [0.2, 0.25) is 0 Å². The van der Waals surface area contributed by atoms with Gasteiger partial charge < -0.3 is 30.6 Å². The van der Waals surface area contributed by atoms with Crippen molar-refractivity contribution in [2.24, 2.45) is 0 Å². The smallest absolute Gasteiger partial charge is 0.0319 e. The highest BCUT2D eigenvalue weighted by Crippen LogP contribution is 0.846. The fourth-order valence-electron chi connectivity index (χ4n) is 0. The number of hydrogen-bond donors (Lipinski definition) is 6. The van der Waals surface area contributed by atoms with Gasteiger partial charge in [0.15, 0.2) is 0 Å². The molecular weight excluding hydrogens is 248 g/mol. The van der Waals surface area contributed by atoms with E-state index in [4.69, 9.17) is 30.6 Å². The molecule has 0 unspecified atom stereocenters. The molecule has 0 saturated carbocycles. The lowest BCUT2D eigenvalue weighted by Gasteiger charge is -1.21. The first-order valence-electron chi connectivity index (χ1n) is 2.68. The van der Waals surface area contributed by atoms with Crippen LogP contribution in [0, 0.1) is 0 Å². The molecule has 0 aromatic carbocycles. The largest absolute Gasteiger partial charge is 0.400 e. The highest BCUT2D eigenvalue weighted by Gasteiger charge is 0.849. The van der Waals surface area contributed by atoms with Crippen LogP contribution in [0.25, 0.3) is 0 Å². The average molecular weight is 273 g/mol. The van der Waals surface area contributed by atoms with E-state index in [2.05, 4.69) is 0 Å². The first-order valence-corrected chi connectivity index (χ1v) is 2.68. The standard InChI is InChI=1S/6CH4O.BrH/c6*1-2;/h6*2H,1H3;1H. The second-order valence-corrected chi connectivity index (χ2v) is 0. The Kier molecular flexibility index (Phi) is 105000. The second-order valence-electron chi connectivity index (χ2n) is 0. The number of halogens is 1. The van der Waals surface area contributed by atoms with Gasteiger partial charge in [-0.05, 0) is 0 Å². The Bertz CT molecular complexity index is 17.1. The third kappa shape index (κ3) is 22300. The molecule has 0 aliphatic carbocycles. The Balaban J connectivity index is -0.00000000655. The first kappa shape index (κ1) is 50.9. The summed E-state index contributed by atoms with van der Waals surface area (Å²) in [5, 5.41) is 42.0. The molecule has 0 spiro atoms. The van der Waals surface area contributed by atoms with E-state index in [1.54, 1.807) is 0 Å². The summed E-state index contributed by atoms with van der Waals surface area (Å²) >= 11 is 0. The van der Waals surface area contributed by atoms with E-state index < -0.39 is 0 Å². The van der Waals surface area contributed by atoms with Gasteiger partial charge in [0, 0.05) is 42.7 Å². The summed E-state index contributed by atoms with van der Waals surface area (Å²) < 4.78 is 0. The Hall–Kier alpha value is 0.240. The molecule has 0 rings (SSSR count). The predicted octanol–water partition coefficient (Wildman–Crippen LogP) is -1.77. The maximum Gasteiger partial charge on any atom is 0.0319 e. The van der Waals surface area contributed by atoms with E-state index >= 15 is 0 Å². The van der Waals surface area contributed by atoms with Crippen LogP contribution >= 0.6 is 17.0 Å². The summed E-state index contributed by atoms with van der Waals surface area (Å²) in [6, 6.07) is 0. The minimum absolute atomic E-state index is 0. The van der Waals surface area contributed by atoms with Gasteiger partial charge >= 0.3 is 0 Å². The molecule has 6 N–H and O–H groups in total. The summed E-state index contributed by atoms with van der Waals surface area (Å²) in [5.41, 5.74) is 0. The Labute approximate surface area is 90.9 Å². The molecule has 0 aromatic heterocycles. The fourth-order valence-corrected chi connectivity index (χ4v) is 0. The van der Waals surface area contributed by atoms with Crippen molar-refractivity contribution >= 4 is 17.0 Å². The van der Waals surface area contributed by atoms with E-state index in [1.165, 1.54) is 0 Å². The van der Waals surface area contributed by atoms with Crippen molar-refractivity contribution in [2.75, 3.05) is 42.7 Å². The molecule has 0 atom stereocenters. The minimum atomic E-state index is 0. The first-order chi connectivity index (χ1) is 6.00. The maximum absolute atomic E-state index is 7.00. The summed E-state index contributed by atoms with van der Waals surface area (Å²) in [7, 11) is 6.00. The molecule has 0 saturated heterocycles. The lowest BCUT2D eigenvalue weighted by Crippen LogP contribution is -1.25. The number of aliphatic hydroxyl groups is 6. The van der Waals surface area contributed by atoms with Crippen molar-refractivity contribution in [3.63, 3.8) is 0 Å². The fraction of sp³-hybridized carbons (Fsp3) is 1.00. The molecule has 0 aromatic rings. The van der Waals surface area contributed by atoms with Crippen LogP contribution in [-0.4, -0.2) is 73.3 Å². The zero-order valence-corrected chi connectivity index (χ0v) is 10.8. The third-order valence-corrected chi connectivity index (χ3v) is 0. The predicted molar refractivity (Wildman–Crippen MR) is 59.2 cm³/mol. The summed E-state index contributed by atoms with van der Waals surface area (Å²) in [6.07, 6.45) is 0. The molecule has 0 aliphatic rings. The second kappa shape index (κ2) is 26800. The topological polar surface area (TPSA) is 121 Å². The van der Waals surface area contributed by atoms with Crippen LogP contribution in [0.1, 0.15) is 0 Å². The Morgan fingerprint density at radius 1 is 0.308 bits per heavy atom. The van der Waals surface area contributed by atoms with Crippen LogP contribution in [0.5, 0.6) is 0 Å². The third-order valence-electron chi connectivity index (χ3n) is 0. The zero-order chi connectivity index (χ0) is 12.0. The van der Waals surface area contributed by atoms with Crippen molar-refractivity contribution in [2.45, 2.75) is 0 Å². The lowest BCUT2D eigenvalue weighted by atomic mass is 11.8. The van der Waals surface area contributed by atoms with Gasteiger partial charge in [-0.2, -0.15) is 0 Å². The molecule has 0 bridgehead atoms. The van der Waals surface area contributed by atoms with Crippen LogP contribution in [-0.2, 0) is 0 Å². The summed E-state index contributed by atoms with van der Waals surface area (Å²) in [4.78, 5) is 0. The van der Waals surface area contributed by atoms with E-state index in [0.717, 1.165) is 42.7 Å². The van der Waals surface area contributed by atoms with Gasteiger partial charge in [-0.3, -0.25) is 0 Å². The Morgan fingerprint density at radius 2 is 0.308 bits per heavy atom. The quantitative estimate of drug-likeness (QED) is 0.310. The van der Waals surface area contributed by atoms with Crippen molar-refractivity contribution < 1.29 is 30.6 Å². The zero-order valence-electron chi connectivity index (χ0n) is 9.09. The summed E-state index contributed by atoms with van der Waals surface area (Å²) in [5.74, 6) is 0. The molecule has 92 valence electrons. The SMILES string of the molecule is Br.CO.CO.CO.CO.CO.CO. The molecular formula is C6H25BrO6. The van der Waals surface area contributed by atoms with Gasteiger partial charge in [-0.1, -0.05) is 0 Å². The number of aliphatic hydroxyl groups excluding tert-OH is 6. The Morgan fingerprint density at radius 3 is 0.308 bits per heavy atom. The van der Waals surface area contributed by atoms with Gasteiger partial charge in [0.05, 0.1) is 0 Å². The maximum atomic E-state index is 7.00. The molecule has 13 heavy (non-hydrogen) atoms. The van der Waals surface area contributed by atoms with Crippen LogP contribution in [0.15, 0.2) is 0 Å². The molecule has 0 amide bonds. The van der Waals surface area contributed by atoms with E-state index in [0.29, 0.717) is 0 Å². The van der Waals surface area contributed by atoms with Crippen molar-refractivity contribution in [1.29, 1.82) is 0 Å². The van der Waals surface area contributed by atoms with Gasteiger partial charge in [0.25, 0.3) is 0 Å². The highest BCUT2D eigenvalue weighted by atomic mass is 79.9. The van der Waals surface area contributed by atoms with Crippen LogP contribution < -0.4 is 0 Å². The van der Waals surface area contributed by atoms with Gasteiger partial charge in [0.2, 0.25) is 0 Å². The van der Waals surface area contributed by atoms with Crippen molar-refractivity contribution in [3.05, 3.63) is 0 Å². The minimum Gasteiger partial charge on any atom is -0.400 e. The normalized spacial score (nSPS) is 2.77. The van der Waals surface area contributed by atoms with Crippen molar-refractivity contribution in [1.82, 2.24) is 0 Å². The number of hydrogen-bond acceptors (Lipinski definition) is 6. The van der Waals surface area contributed by atoms with Crippen LogP contribution in [0.3, 0.4) is 0 Å². The summed E-state index contributed by atoms with van der Waals surface area (Å²) in [6.45, 7) is 0. The highest BCUT2D eigenvalue weighted by molar-refractivity contribution is 8.93. The number of rotatable bonds is 0. The van der Waals surface area contributed by atoms with E-state index in [-0.39, 0.29) is 17.0 Å². The molecule has 6 nitrogen and oxygen atoms in total. The van der Waals surface area contributed by atoms with Gasteiger partial charge in [-0.15, -0.1) is 17.0 Å². The monoisotopic (exact) mass is 272 g/mol. The van der Waals surface area contributed by atoms with Crippen molar-refractivity contribution in [3.8, 4) is 0 Å². The molecule has 0 heterocycles. The molecule has 0 fully saturated rings. The lowest BCUT2D eigenvalue weighted by molar-refractivity contribution is 0.399. The average Bonchev–Trinajstić information content (AvgIpc) is 2.33.